The average molecular weight is 246 g/mol. The second-order valence-electron chi connectivity index (χ2n) is 2.86. The number of rotatable bonds is 6. The van der Waals surface area contributed by atoms with Crippen LogP contribution in [0.5, 0.6) is 0 Å². The van der Waals surface area contributed by atoms with Gasteiger partial charge in [0.25, 0.3) is 5.91 Å². The van der Waals surface area contributed by atoms with Crippen molar-refractivity contribution in [3.05, 3.63) is 12.0 Å². The van der Waals surface area contributed by atoms with E-state index in [2.05, 4.69) is 29.5 Å². The zero-order valence-corrected chi connectivity index (χ0v) is 9.58. The average Bonchev–Trinajstić information content (AvgIpc) is 2.71. The van der Waals surface area contributed by atoms with Gasteiger partial charge in [-0.15, -0.1) is 19.6 Å². The number of nitrogens with two attached hydrogens (primary N) is 1. The van der Waals surface area contributed by atoms with Gasteiger partial charge in [0.2, 0.25) is 0 Å². The van der Waals surface area contributed by atoms with Crippen molar-refractivity contribution in [1.29, 1.82) is 0 Å². The first-order valence-electron chi connectivity index (χ1n) is 4.53. The molecular weight excluding hydrogens is 234 g/mol. The lowest BCUT2D eigenvalue weighted by Gasteiger charge is -2.02. The number of imidazole rings is 1. The summed E-state index contributed by atoms with van der Waals surface area (Å²) in [6, 6.07) is 0. The van der Waals surface area contributed by atoms with Crippen LogP contribution >= 0.6 is 9.24 Å². The molecule has 0 aliphatic carbocycles. The second-order valence-corrected chi connectivity index (χ2v) is 3.43. The standard InChI is InChI=1S/C7H12FN6OP/c8-14(2-1-3-16)13-12-7-5(6(9)15)10-4-11-7/h4H,1-3,16H2,(H2,9,15)(H,10,11)/b13-12+. The van der Waals surface area contributed by atoms with E-state index in [4.69, 9.17) is 5.73 Å². The van der Waals surface area contributed by atoms with Gasteiger partial charge < -0.3 is 10.7 Å². The summed E-state index contributed by atoms with van der Waals surface area (Å²) in [5, 5.41) is 6.93. The van der Waals surface area contributed by atoms with Crippen LogP contribution in [0.1, 0.15) is 16.9 Å². The topological polar surface area (TPSA) is 99.7 Å². The molecule has 0 radical (unpaired) electrons. The second kappa shape index (κ2) is 6.12. The Labute approximate surface area is 93.4 Å². The summed E-state index contributed by atoms with van der Waals surface area (Å²) in [7, 11) is 2.48. The maximum atomic E-state index is 12.9. The van der Waals surface area contributed by atoms with Crippen LogP contribution in [0.3, 0.4) is 0 Å². The summed E-state index contributed by atoms with van der Waals surface area (Å²) in [6.07, 6.45) is 2.64. The van der Waals surface area contributed by atoms with Crippen LogP contribution in [-0.2, 0) is 0 Å². The lowest BCUT2D eigenvalue weighted by Crippen LogP contribution is -2.11. The molecule has 0 aliphatic heterocycles. The van der Waals surface area contributed by atoms with E-state index >= 15 is 0 Å². The molecule has 0 aliphatic rings. The van der Waals surface area contributed by atoms with Crippen molar-refractivity contribution in [2.45, 2.75) is 6.42 Å². The van der Waals surface area contributed by atoms with E-state index in [9.17, 15) is 9.28 Å². The van der Waals surface area contributed by atoms with Gasteiger partial charge in [0, 0.05) is 0 Å². The lowest BCUT2D eigenvalue weighted by molar-refractivity contribution is 0.0192. The van der Waals surface area contributed by atoms with Crippen LogP contribution in [0, 0.1) is 0 Å². The zero-order valence-electron chi connectivity index (χ0n) is 8.43. The zero-order chi connectivity index (χ0) is 12.0. The van der Waals surface area contributed by atoms with Gasteiger partial charge in [-0.05, 0) is 17.8 Å². The fourth-order valence-electron chi connectivity index (χ4n) is 0.904. The smallest absolute Gasteiger partial charge is 0.271 e. The van der Waals surface area contributed by atoms with Gasteiger partial charge in [-0.3, -0.25) is 4.79 Å². The van der Waals surface area contributed by atoms with Gasteiger partial charge in [0.05, 0.1) is 12.9 Å². The summed E-state index contributed by atoms with van der Waals surface area (Å²) in [5.74, 6) is -0.702. The molecule has 1 atom stereocenters. The van der Waals surface area contributed by atoms with Crippen molar-refractivity contribution < 1.29 is 9.28 Å². The minimum absolute atomic E-state index is 0.0426. The first-order valence-corrected chi connectivity index (χ1v) is 5.35. The van der Waals surface area contributed by atoms with E-state index in [1.165, 1.54) is 6.33 Å². The number of aromatic nitrogens is 2. The number of hydrogen-bond acceptors (Lipinski definition) is 4. The van der Waals surface area contributed by atoms with Crippen molar-refractivity contribution in [2.24, 2.45) is 16.1 Å². The highest BCUT2D eigenvalue weighted by molar-refractivity contribution is 7.16. The Morgan fingerprint density at radius 2 is 2.50 bits per heavy atom. The first-order chi connectivity index (χ1) is 7.65. The molecule has 9 heteroatoms. The Morgan fingerprint density at radius 1 is 1.75 bits per heavy atom. The van der Waals surface area contributed by atoms with Crippen molar-refractivity contribution in [2.75, 3.05) is 12.7 Å². The normalized spacial score (nSPS) is 10.9. The molecule has 0 saturated heterocycles. The van der Waals surface area contributed by atoms with Crippen LogP contribution in [0.15, 0.2) is 16.7 Å². The molecule has 1 amide bonds. The molecule has 0 fully saturated rings. The quantitative estimate of drug-likeness (QED) is 0.338. The van der Waals surface area contributed by atoms with Crippen LogP contribution in [0.4, 0.5) is 10.3 Å². The minimum atomic E-state index is -0.745. The minimum Gasteiger partial charge on any atom is -0.364 e. The number of amides is 1. The molecule has 0 spiro atoms. The summed E-state index contributed by atoms with van der Waals surface area (Å²) in [4.78, 5) is 17.0. The number of hydrogen-bond donors (Lipinski definition) is 2. The summed E-state index contributed by atoms with van der Waals surface area (Å²) in [6.45, 7) is 0.132. The predicted molar refractivity (Wildman–Crippen MR) is 58.6 cm³/mol. The summed E-state index contributed by atoms with van der Waals surface area (Å²) < 4.78 is 12.9. The molecule has 1 heterocycles. The predicted octanol–water partition coefficient (Wildman–Crippen LogP) is 0.959. The summed E-state index contributed by atoms with van der Waals surface area (Å²) in [5.41, 5.74) is 4.95. The molecule has 0 saturated carbocycles. The molecule has 3 N–H and O–H groups in total. The SMILES string of the molecule is NC(=O)c1nc[nH]c1/N=N/N(F)CCCP. The number of nitrogens with one attached hydrogen (secondary N) is 1. The molecule has 0 aromatic carbocycles. The van der Waals surface area contributed by atoms with Crippen LogP contribution in [-0.4, -0.2) is 33.8 Å². The number of halogens is 1. The monoisotopic (exact) mass is 246 g/mol. The Hall–Kier alpha value is -1.56. The van der Waals surface area contributed by atoms with E-state index < -0.39 is 5.91 Å². The maximum Gasteiger partial charge on any atom is 0.271 e. The third kappa shape index (κ3) is 3.54. The molecule has 1 rings (SSSR count). The third-order valence-corrected chi connectivity index (χ3v) is 2.05. The fourth-order valence-corrected chi connectivity index (χ4v) is 1.09. The number of aromatic amines is 1. The Morgan fingerprint density at radius 3 is 3.12 bits per heavy atom. The van der Waals surface area contributed by atoms with Crippen LogP contribution in [0.2, 0.25) is 0 Å². The molecule has 88 valence electrons. The van der Waals surface area contributed by atoms with E-state index in [0.717, 1.165) is 6.16 Å². The van der Waals surface area contributed by atoms with Gasteiger partial charge in [-0.2, -0.15) is 0 Å². The summed E-state index contributed by atoms with van der Waals surface area (Å²) >= 11 is 0. The van der Waals surface area contributed by atoms with Gasteiger partial charge in [-0.25, -0.2) is 4.98 Å². The molecular formula is C7H12FN6OP. The number of primary amides is 1. The van der Waals surface area contributed by atoms with Crippen molar-refractivity contribution in [3.8, 4) is 0 Å². The number of H-pyrrole nitrogens is 1. The number of nitrogens with zero attached hydrogens (tertiary/aromatic N) is 4. The highest BCUT2D eigenvalue weighted by Crippen LogP contribution is 2.13. The van der Waals surface area contributed by atoms with Crippen molar-refractivity contribution in [1.82, 2.24) is 15.2 Å². The Bertz CT molecular complexity index is 381. The molecule has 0 bridgehead atoms. The fraction of sp³-hybridized carbons (Fsp3) is 0.429. The van der Waals surface area contributed by atoms with Gasteiger partial charge >= 0.3 is 0 Å². The Kier molecular flexibility index (Phi) is 4.78. The van der Waals surface area contributed by atoms with E-state index in [1.54, 1.807) is 0 Å². The first kappa shape index (κ1) is 12.5. The highest BCUT2D eigenvalue weighted by Gasteiger charge is 2.10. The maximum absolute atomic E-state index is 12.9. The van der Waals surface area contributed by atoms with Crippen molar-refractivity contribution in [3.63, 3.8) is 0 Å². The van der Waals surface area contributed by atoms with Crippen LogP contribution in [0.25, 0.3) is 0 Å². The van der Waals surface area contributed by atoms with E-state index in [0.29, 0.717) is 6.42 Å². The highest BCUT2D eigenvalue weighted by atomic mass is 31.0. The van der Waals surface area contributed by atoms with E-state index in [-0.39, 0.29) is 23.3 Å². The molecule has 1 unspecified atom stereocenters. The molecule has 7 nitrogen and oxygen atoms in total. The molecule has 16 heavy (non-hydrogen) atoms. The third-order valence-electron chi connectivity index (χ3n) is 1.64. The van der Waals surface area contributed by atoms with Crippen LogP contribution < -0.4 is 5.73 Å². The lowest BCUT2D eigenvalue weighted by atomic mass is 10.4. The largest absolute Gasteiger partial charge is 0.364 e. The molecule has 1 aromatic rings. The van der Waals surface area contributed by atoms with Gasteiger partial charge in [-0.1, -0.05) is 4.48 Å². The van der Waals surface area contributed by atoms with Crippen molar-refractivity contribution >= 4 is 21.0 Å². The number of carbonyl (C=O) groups excluding carboxylic acids is 1. The molecule has 1 aromatic heterocycles. The van der Waals surface area contributed by atoms with E-state index in [1.807, 2.05) is 0 Å². The van der Waals surface area contributed by atoms with Gasteiger partial charge in [0.1, 0.15) is 0 Å². The Balaban J connectivity index is 2.61. The van der Waals surface area contributed by atoms with Gasteiger partial charge in [0.15, 0.2) is 11.5 Å². The number of carbonyl (C=O) groups is 1.